The minimum Gasteiger partial charge on any atom is -0.508 e. The Hall–Kier alpha value is -1.92. The van der Waals surface area contributed by atoms with Gasteiger partial charge in [0.2, 0.25) is 0 Å². The quantitative estimate of drug-likeness (QED) is 0.924. The molecule has 1 unspecified atom stereocenters. The van der Waals surface area contributed by atoms with Crippen molar-refractivity contribution in [2.24, 2.45) is 0 Å². The zero-order chi connectivity index (χ0) is 16.9. The third kappa shape index (κ3) is 2.93. The Labute approximate surface area is 147 Å². The Morgan fingerprint density at radius 2 is 2.24 bits per heavy atom. The maximum atomic E-state index is 9.82. The van der Waals surface area contributed by atoms with Gasteiger partial charge in [0.25, 0.3) is 0 Å². The van der Waals surface area contributed by atoms with E-state index in [1.165, 1.54) is 24.0 Å². The standard InChI is InChI=1S/C19H24N4O2/c24-16-4-3-14-9-22(13-19(5-6-19)18(14)8-16)10-15-11-23(21-20-15)12-17-2-1-7-25-17/h3-4,8,11,17,24H,1-2,5-7,9-10,12-13H2. The highest BCUT2D eigenvalue weighted by Gasteiger charge is 2.49. The topological polar surface area (TPSA) is 63.4 Å². The second-order valence-corrected chi connectivity index (χ2v) is 7.83. The van der Waals surface area contributed by atoms with E-state index in [0.717, 1.165) is 51.3 Å². The molecule has 0 bridgehead atoms. The number of aromatic nitrogens is 3. The summed E-state index contributed by atoms with van der Waals surface area (Å²) in [4.78, 5) is 2.47. The summed E-state index contributed by atoms with van der Waals surface area (Å²) in [6, 6.07) is 5.85. The molecule has 1 atom stereocenters. The maximum absolute atomic E-state index is 9.82. The molecule has 6 nitrogen and oxygen atoms in total. The van der Waals surface area contributed by atoms with Crippen molar-refractivity contribution in [1.29, 1.82) is 0 Å². The van der Waals surface area contributed by atoms with Gasteiger partial charge in [0, 0.05) is 37.9 Å². The van der Waals surface area contributed by atoms with Crippen LogP contribution in [0.4, 0.5) is 0 Å². The van der Waals surface area contributed by atoms with Crippen molar-refractivity contribution in [3.63, 3.8) is 0 Å². The van der Waals surface area contributed by atoms with Crippen molar-refractivity contribution in [3.8, 4) is 5.75 Å². The van der Waals surface area contributed by atoms with E-state index in [4.69, 9.17) is 4.74 Å². The van der Waals surface area contributed by atoms with Crippen LogP contribution < -0.4 is 0 Å². The Morgan fingerprint density at radius 3 is 3.04 bits per heavy atom. The second-order valence-electron chi connectivity index (χ2n) is 7.83. The Morgan fingerprint density at radius 1 is 1.32 bits per heavy atom. The molecule has 1 N–H and O–H groups in total. The second kappa shape index (κ2) is 5.81. The van der Waals surface area contributed by atoms with Gasteiger partial charge in [-0.2, -0.15) is 0 Å². The predicted molar refractivity (Wildman–Crippen MR) is 92.1 cm³/mol. The molecule has 2 aromatic rings. The van der Waals surface area contributed by atoms with Crippen molar-refractivity contribution < 1.29 is 9.84 Å². The van der Waals surface area contributed by atoms with Crippen molar-refractivity contribution in [2.75, 3.05) is 13.2 Å². The highest BCUT2D eigenvalue weighted by Crippen LogP contribution is 2.53. The van der Waals surface area contributed by atoms with Crippen LogP contribution in [0.15, 0.2) is 24.4 Å². The van der Waals surface area contributed by atoms with Crippen LogP contribution in [0.25, 0.3) is 0 Å². The van der Waals surface area contributed by atoms with Gasteiger partial charge in [-0.3, -0.25) is 4.90 Å². The van der Waals surface area contributed by atoms with Crippen LogP contribution >= 0.6 is 0 Å². The van der Waals surface area contributed by atoms with Crippen LogP contribution in [0.1, 0.15) is 42.5 Å². The summed E-state index contributed by atoms with van der Waals surface area (Å²) in [5, 5.41) is 18.5. The summed E-state index contributed by atoms with van der Waals surface area (Å²) >= 11 is 0. The van der Waals surface area contributed by atoms with E-state index in [1.807, 2.05) is 10.7 Å². The number of hydrogen-bond donors (Lipinski definition) is 1. The minimum atomic E-state index is 0.250. The number of nitrogens with zero attached hydrogens (tertiary/aromatic N) is 4. The molecule has 1 aromatic heterocycles. The molecule has 3 aliphatic rings. The van der Waals surface area contributed by atoms with E-state index in [0.29, 0.717) is 11.9 Å². The zero-order valence-corrected chi connectivity index (χ0v) is 14.4. The molecule has 1 aromatic carbocycles. The van der Waals surface area contributed by atoms with Gasteiger partial charge in [0.15, 0.2) is 0 Å². The lowest BCUT2D eigenvalue weighted by molar-refractivity contribution is 0.0935. The van der Waals surface area contributed by atoms with Gasteiger partial charge in [-0.05, 0) is 48.9 Å². The lowest BCUT2D eigenvalue weighted by Gasteiger charge is -2.34. The normalized spacial score (nSPS) is 24.6. The first kappa shape index (κ1) is 15.3. The molecule has 5 rings (SSSR count). The third-order valence-electron chi connectivity index (χ3n) is 5.82. The van der Waals surface area contributed by atoms with Crippen molar-refractivity contribution in [1.82, 2.24) is 19.9 Å². The van der Waals surface area contributed by atoms with Gasteiger partial charge in [-0.25, -0.2) is 4.68 Å². The molecule has 2 aliphatic heterocycles. The minimum absolute atomic E-state index is 0.250. The van der Waals surface area contributed by atoms with Crippen LogP contribution in [0.2, 0.25) is 0 Å². The highest BCUT2D eigenvalue weighted by molar-refractivity contribution is 5.45. The molecule has 0 radical (unpaired) electrons. The van der Waals surface area contributed by atoms with E-state index in [-0.39, 0.29) is 5.41 Å². The Kier molecular flexibility index (Phi) is 3.57. The summed E-state index contributed by atoms with van der Waals surface area (Å²) < 4.78 is 7.61. The van der Waals surface area contributed by atoms with Crippen LogP contribution in [0.5, 0.6) is 5.75 Å². The van der Waals surface area contributed by atoms with E-state index in [2.05, 4.69) is 27.5 Å². The number of fused-ring (bicyclic) bond motifs is 2. The smallest absolute Gasteiger partial charge is 0.115 e. The predicted octanol–water partition coefficient (Wildman–Crippen LogP) is 2.21. The fraction of sp³-hybridized carbons (Fsp3) is 0.579. The number of ether oxygens (including phenoxy) is 1. The molecule has 25 heavy (non-hydrogen) atoms. The Bertz CT molecular complexity index is 777. The van der Waals surface area contributed by atoms with E-state index < -0.39 is 0 Å². The molecular weight excluding hydrogens is 316 g/mol. The molecule has 2 fully saturated rings. The SMILES string of the molecule is Oc1ccc2c(c1)C1(CC1)CN(Cc1cn(CC3CCCO3)nn1)C2. The lowest BCUT2D eigenvalue weighted by atomic mass is 9.86. The molecule has 6 heteroatoms. The van der Waals surface area contributed by atoms with E-state index in [9.17, 15) is 5.11 Å². The molecule has 1 saturated carbocycles. The monoisotopic (exact) mass is 340 g/mol. The fourth-order valence-corrected chi connectivity index (χ4v) is 4.42. The van der Waals surface area contributed by atoms with Gasteiger partial charge < -0.3 is 9.84 Å². The first-order chi connectivity index (χ1) is 12.2. The molecule has 3 heterocycles. The van der Waals surface area contributed by atoms with Crippen LogP contribution in [0, 0.1) is 0 Å². The summed E-state index contributed by atoms with van der Waals surface area (Å²) in [6.07, 6.45) is 7.05. The number of aromatic hydroxyl groups is 1. The molecule has 1 saturated heterocycles. The molecule has 0 amide bonds. The molecule has 1 aliphatic carbocycles. The lowest BCUT2D eigenvalue weighted by Crippen LogP contribution is -2.37. The van der Waals surface area contributed by atoms with Crippen molar-refractivity contribution in [2.45, 2.75) is 56.8 Å². The summed E-state index contributed by atoms with van der Waals surface area (Å²) in [6.45, 7) is 4.46. The van der Waals surface area contributed by atoms with Gasteiger partial charge >= 0.3 is 0 Å². The molecular formula is C19H24N4O2. The van der Waals surface area contributed by atoms with E-state index in [1.54, 1.807) is 6.07 Å². The highest BCUT2D eigenvalue weighted by atomic mass is 16.5. The number of rotatable bonds is 4. The van der Waals surface area contributed by atoms with Crippen molar-refractivity contribution >= 4 is 0 Å². The average Bonchev–Trinajstić information content (AvgIpc) is 2.97. The molecule has 132 valence electrons. The first-order valence-corrected chi connectivity index (χ1v) is 9.26. The van der Waals surface area contributed by atoms with Crippen LogP contribution in [-0.2, 0) is 29.8 Å². The summed E-state index contributed by atoms with van der Waals surface area (Å²) in [7, 11) is 0. The van der Waals surface area contributed by atoms with Gasteiger partial charge in [0.1, 0.15) is 5.75 Å². The zero-order valence-electron chi connectivity index (χ0n) is 14.4. The number of phenols is 1. The van der Waals surface area contributed by atoms with Crippen LogP contribution in [0.3, 0.4) is 0 Å². The number of benzene rings is 1. The van der Waals surface area contributed by atoms with E-state index >= 15 is 0 Å². The fourth-order valence-electron chi connectivity index (χ4n) is 4.42. The average molecular weight is 340 g/mol. The van der Waals surface area contributed by atoms with Crippen molar-refractivity contribution in [3.05, 3.63) is 41.2 Å². The molecule has 1 spiro atoms. The largest absolute Gasteiger partial charge is 0.508 e. The number of hydrogen-bond acceptors (Lipinski definition) is 5. The number of phenolic OH excluding ortho intramolecular Hbond substituents is 1. The summed E-state index contributed by atoms with van der Waals surface area (Å²) in [5.74, 6) is 0.385. The van der Waals surface area contributed by atoms with Crippen LogP contribution in [-0.4, -0.2) is 44.3 Å². The Balaban J connectivity index is 1.29. The van der Waals surface area contributed by atoms with Gasteiger partial charge in [-0.1, -0.05) is 11.3 Å². The van der Waals surface area contributed by atoms with Gasteiger partial charge in [0.05, 0.1) is 18.3 Å². The maximum Gasteiger partial charge on any atom is 0.115 e. The summed E-state index contributed by atoms with van der Waals surface area (Å²) in [5.41, 5.74) is 3.97. The van der Waals surface area contributed by atoms with Gasteiger partial charge in [-0.15, -0.1) is 5.10 Å². The first-order valence-electron chi connectivity index (χ1n) is 9.26. The third-order valence-corrected chi connectivity index (χ3v) is 5.82.